The zero-order valence-electron chi connectivity index (χ0n) is 21.8. The first-order valence-electron chi connectivity index (χ1n) is 12.3. The topological polar surface area (TPSA) is 113 Å². The average molecular weight is 537 g/mol. The summed E-state index contributed by atoms with van der Waals surface area (Å²) in [7, 11) is 1.81. The van der Waals surface area contributed by atoms with Crippen LogP contribution in [-0.2, 0) is 31.2 Å². The van der Waals surface area contributed by atoms with E-state index in [-0.39, 0.29) is 29.5 Å². The van der Waals surface area contributed by atoms with E-state index in [1.807, 2.05) is 25.1 Å². The van der Waals surface area contributed by atoms with Crippen LogP contribution in [0.1, 0.15) is 64.9 Å². The van der Waals surface area contributed by atoms with Gasteiger partial charge in [-0.2, -0.15) is 5.26 Å². The molecule has 10 heteroatoms. The summed E-state index contributed by atoms with van der Waals surface area (Å²) in [5.41, 5.74) is 3.53. The van der Waals surface area contributed by atoms with Crippen LogP contribution in [0.5, 0.6) is 0 Å². The van der Waals surface area contributed by atoms with Gasteiger partial charge >= 0.3 is 0 Å². The molecule has 0 saturated heterocycles. The Labute approximate surface area is 225 Å². The number of thiophene rings is 1. The maximum Gasteiger partial charge on any atom is 0.251 e. The second kappa shape index (κ2) is 11.1. The zero-order chi connectivity index (χ0) is 26.7. The fourth-order valence-electron chi connectivity index (χ4n) is 4.50. The van der Waals surface area contributed by atoms with Crippen LogP contribution in [-0.4, -0.2) is 32.3 Å². The molecule has 3 aromatic rings. The summed E-state index contributed by atoms with van der Waals surface area (Å²) in [6.45, 7) is 8.95. The van der Waals surface area contributed by atoms with Gasteiger partial charge in [-0.25, -0.2) is 0 Å². The number of hydrogen-bond acceptors (Lipinski definition) is 7. The fraction of sp³-hybridized carbons (Fsp3) is 0.444. The molecule has 2 N–H and O–H groups in total. The number of anilines is 1. The molecular formula is C27H32N6O2S2. The van der Waals surface area contributed by atoms with Gasteiger partial charge in [0.25, 0.3) is 5.91 Å². The van der Waals surface area contributed by atoms with Gasteiger partial charge in [-0.3, -0.25) is 9.59 Å². The van der Waals surface area contributed by atoms with E-state index >= 15 is 0 Å². The van der Waals surface area contributed by atoms with Gasteiger partial charge in [0, 0.05) is 17.5 Å². The third kappa shape index (κ3) is 6.22. The number of carbonyl (C=O) groups excluding carboxylic acids is 2. The highest BCUT2D eigenvalue weighted by Crippen LogP contribution is 2.44. The van der Waals surface area contributed by atoms with Gasteiger partial charge in [-0.1, -0.05) is 50.2 Å². The van der Waals surface area contributed by atoms with Gasteiger partial charge in [0.15, 0.2) is 11.0 Å². The maximum atomic E-state index is 12.8. The summed E-state index contributed by atoms with van der Waals surface area (Å²) in [5.74, 6) is 0.927. The van der Waals surface area contributed by atoms with Crippen molar-refractivity contribution in [2.24, 2.45) is 18.4 Å². The predicted molar refractivity (Wildman–Crippen MR) is 147 cm³/mol. The third-order valence-corrected chi connectivity index (χ3v) is 8.99. The van der Waals surface area contributed by atoms with Crippen molar-refractivity contribution in [2.45, 2.75) is 58.7 Å². The van der Waals surface area contributed by atoms with E-state index in [9.17, 15) is 14.9 Å². The lowest BCUT2D eigenvalue weighted by atomic mass is 9.72. The summed E-state index contributed by atoms with van der Waals surface area (Å²) < 4.78 is 1.77. The molecule has 1 aliphatic rings. The van der Waals surface area contributed by atoms with Crippen LogP contribution >= 0.6 is 23.1 Å². The van der Waals surface area contributed by atoms with Crippen molar-refractivity contribution in [3.63, 3.8) is 0 Å². The molecule has 2 amide bonds. The van der Waals surface area contributed by atoms with Gasteiger partial charge < -0.3 is 15.2 Å². The van der Waals surface area contributed by atoms with Crippen LogP contribution in [0.25, 0.3) is 0 Å². The highest BCUT2D eigenvalue weighted by Gasteiger charge is 2.32. The van der Waals surface area contributed by atoms with E-state index in [1.165, 1.54) is 28.0 Å². The van der Waals surface area contributed by atoms with Crippen molar-refractivity contribution in [3.8, 4) is 6.07 Å². The molecule has 0 unspecified atom stereocenters. The second-order valence-corrected chi connectivity index (χ2v) is 12.5. The minimum absolute atomic E-state index is 0.139. The van der Waals surface area contributed by atoms with Gasteiger partial charge in [0.2, 0.25) is 5.91 Å². The average Bonchev–Trinajstić information content (AvgIpc) is 3.38. The molecular weight excluding hydrogens is 504 g/mol. The van der Waals surface area contributed by atoms with Crippen LogP contribution in [0.2, 0.25) is 0 Å². The molecule has 0 spiro atoms. The Hall–Kier alpha value is -3.16. The van der Waals surface area contributed by atoms with Crippen molar-refractivity contribution in [1.82, 2.24) is 20.1 Å². The molecule has 0 saturated carbocycles. The first kappa shape index (κ1) is 26.9. The van der Waals surface area contributed by atoms with E-state index < -0.39 is 0 Å². The number of thioether (sulfide) groups is 1. The van der Waals surface area contributed by atoms with Crippen LogP contribution < -0.4 is 10.6 Å². The van der Waals surface area contributed by atoms with Gasteiger partial charge in [0.1, 0.15) is 11.1 Å². The number of nitrogens with zero attached hydrogens (tertiary/aromatic N) is 4. The first-order chi connectivity index (χ1) is 17.6. The fourth-order valence-corrected chi connectivity index (χ4v) is 6.52. The van der Waals surface area contributed by atoms with E-state index in [2.05, 4.69) is 47.7 Å². The molecule has 0 fully saturated rings. The van der Waals surface area contributed by atoms with Crippen LogP contribution in [0.15, 0.2) is 29.4 Å². The van der Waals surface area contributed by atoms with E-state index in [1.54, 1.807) is 17.7 Å². The number of hydrogen-bond donors (Lipinski definition) is 2. The van der Waals surface area contributed by atoms with Crippen LogP contribution in [0.4, 0.5) is 5.00 Å². The normalized spacial score (nSPS) is 15.1. The largest absolute Gasteiger partial charge is 0.345 e. The molecule has 8 nitrogen and oxygen atoms in total. The standard InChI is InChI=1S/C27H32N6O2S2/c1-16-7-6-8-17(11-16)24(35)29-14-22-31-32-26(33(22)5)36-15-23(34)30-25-20(13-28)19-10-9-18(27(2,3)4)12-21(19)37-25/h6-8,11,18H,9-10,12,14-15H2,1-5H3,(H,29,35)(H,30,34)/t18-/m0/s1. The van der Waals surface area contributed by atoms with Crippen molar-refractivity contribution in [1.29, 1.82) is 5.26 Å². The Morgan fingerprint density at radius 2 is 2.08 bits per heavy atom. The number of rotatable bonds is 7. The molecule has 0 bridgehead atoms. The van der Waals surface area contributed by atoms with Crippen molar-refractivity contribution < 1.29 is 9.59 Å². The molecule has 37 heavy (non-hydrogen) atoms. The predicted octanol–water partition coefficient (Wildman–Crippen LogP) is 4.87. The third-order valence-electron chi connectivity index (χ3n) is 6.80. The zero-order valence-corrected chi connectivity index (χ0v) is 23.5. The monoisotopic (exact) mass is 536 g/mol. The Kier molecular flexibility index (Phi) is 8.05. The molecule has 2 heterocycles. The van der Waals surface area contributed by atoms with Crippen LogP contribution in [0, 0.1) is 29.6 Å². The highest BCUT2D eigenvalue weighted by atomic mass is 32.2. The van der Waals surface area contributed by atoms with Crippen molar-refractivity contribution in [2.75, 3.05) is 11.1 Å². The number of aromatic nitrogens is 3. The molecule has 194 valence electrons. The van der Waals surface area contributed by atoms with Gasteiger partial charge in [-0.15, -0.1) is 21.5 Å². The number of amides is 2. The van der Waals surface area contributed by atoms with Crippen molar-refractivity contribution in [3.05, 3.63) is 57.2 Å². The summed E-state index contributed by atoms with van der Waals surface area (Å²) in [6, 6.07) is 9.70. The summed E-state index contributed by atoms with van der Waals surface area (Å²) in [5, 5.41) is 25.1. The second-order valence-electron chi connectivity index (χ2n) is 10.5. The quantitative estimate of drug-likeness (QED) is 0.417. The Balaban J connectivity index is 1.34. The molecule has 2 aromatic heterocycles. The SMILES string of the molecule is Cc1cccc(C(=O)NCc2nnc(SCC(=O)Nc3sc4c(c3C#N)CC[C@H](C(C)(C)C)C4)n2C)c1. The molecule has 0 aliphatic heterocycles. The lowest BCUT2D eigenvalue weighted by molar-refractivity contribution is -0.113. The van der Waals surface area contributed by atoms with E-state index in [4.69, 9.17) is 0 Å². The lowest BCUT2D eigenvalue weighted by Crippen LogP contribution is -2.26. The number of nitriles is 1. The summed E-state index contributed by atoms with van der Waals surface area (Å²) in [6.07, 6.45) is 2.89. The molecule has 1 aromatic carbocycles. The first-order valence-corrected chi connectivity index (χ1v) is 14.1. The van der Waals surface area contributed by atoms with Crippen LogP contribution in [0.3, 0.4) is 0 Å². The minimum Gasteiger partial charge on any atom is -0.345 e. The maximum absolute atomic E-state index is 12.8. The van der Waals surface area contributed by atoms with Gasteiger partial charge in [0.05, 0.1) is 17.9 Å². The van der Waals surface area contributed by atoms with Crippen molar-refractivity contribution >= 4 is 39.9 Å². The number of aryl methyl sites for hydroxylation is 1. The summed E-state index contributed by atoms with van der Waals surface area (Å²) in [4.78, 5) is 26.4. The molecule has 0 radical (unpaired) electrons. The Morgan fingerprint density at radius 1 is 1.30 bits per heavy atom. The van der Waals surface area contributed by atoms with E-state index in [0.717, 1.165) is 30.4 Å². The smallest absolute Gasteiger partial charge is 0.251 e. The number of nitrogens with one attached hydrogen (secondary N) is 2. The summed E-state index contributed by atoms with van der Waals surface area (Å²) >= 11 is 2.80. The molecule has 1 aliphatic carbocycles. The van der Waals surface area contributed by atoms with E-state index in [0.29, 0.717) is 33.0 Å². The molecule has 4 rings (SSSR count). The molecule has 1 atom stereocenters. The number of carbonyl (C=O) groups is 2. The number of benzene rings is 1. The minimum atomic E-state index is -0.190. The Morgan fingerprint density at radius 3 is 2.78 bits per heavy atom. The highest BCUT2D eigenvalue weighted by molar-refractivity contribution is 7.99. The number of fused-ring (bicyclic) bond motifs is 1. The van der Waals surface area contributed by atoms with Gasteiger partial charge in [-0.05, 0) is 55.2 Å². The lowest BCUT2D eigenvalue weighted by Gasteiger charge is -2.33. The Bertz CT molecular complexity index is 1360.